The lowest BCUT2D eigenvalue weighted by molar-refractivity contribution is -0.133. The predicted molar refractivity (Wildman–Crippen MR) is 115 cm³/mol. The Morgan fingerprint density at radius 1 is 1.32 bits per heavy atom. The molecule has 2 N–H and O–H groups in total. The monoisotopic (exact) mass is 422 g/mol. The number of amides is 2. The molecule has 0 radical (unpaired) electrons. The van der Waals surface area contributed by atoms with Gasteiger partial charge in [-0.25, -0.2) is 9.78 Å². The van der Waals surface area contributed by atoms with Gasteiger partial charge in [0.1, 0.15) is 17.6 Å². The van der Waals surface area contributed by atoms with Crippen molar-refractivity contribution in [2.75, 3.05) is 12.0 Å². The smallest absolute Gasteiger partial charge is 0.413 e. The topological polar surface area (TPSA) is 116 Å². The van der Waals surface area contributed by atoms with E-state index < -0.39 is 29.5 Å². The summed E-state index contributed by atoms with van der Waals surface area (Å²) in [6.07, 6.45) is 0.749. The Balaban J connectivity index is 1.98. The molecule has 1 fully saturated rings. The number of benzene rings is 1. The number of nitrogens with one attached hydrogen (secondary N) is 1. The van der Waals surface area contributed by atoms with Crippen molar-refractivity contribution in [1.82, 2.24) is 10.3 Å². The number of aromatic nitrogens is 1. The number of carbonyl (C=O) groups is 2. The van der Waals surface area contributed by atoms with E-state index in [0.717, 1.165) is 11.1 Å². The van der Waals surface area contributed by atoms with E-state index in [9.17, 15) is 14.7 Å². The van der Waals surface area contributed by atoms with Crippen molar-refractivity contribution in [3.05, 3.63) is 53.7 Å². The standard InChI is InChI=1S/C23H26N4O4/c1-23(2,3)20(15-5-7-16(31-4)8-6-15)27(22(29)30)19-12-14(9-10-25-19)11-17-18(13-24)26-21(17)28/h5-10,12,17-18,20H,11H2,1-4H3,(H,26,28)(H,29,30)/t17-,18-,20?/m1/s1. The minimum Gasteiger partial charge on any atom is -0.497 e. The van der Waals surface area contributed by atoms with Crippen LogP contribution in [0.15, 0.2) is 42.6 Å². The lowest BCUT2D eigenvalue weighted by Gasteiger charge is -2.38. The highest BCUT2D eigenvalue weighted by atomic mass is 16.5. The Hall–Kier alpha value is -3.60. The lowest BCUT2D eigenvalue weighted by atomic mass is 9.81. The van der Waals surface area contributed by atoms with Crippen LogP contribution in [-0.2, 0) is 11.2 Å². The molecule has 162 valence electrons. The molecule has 0 bridgehead atoms. The average Bonchev–Trinajstić information content (AvgIpc) is 2.73. The molecular weight excluding hydrogens is 396 g/mol. The Bertz CT molecular complexity index is 1010. The van der Waals surface area contributed by atoms with Crippen LogP contribution in [-0.4, -0.2) is 35.2 Å². The van der Waals surface area contributed by atoms with E-state index >= 15 is 0 Å². The molecule has 1 aromatic carbocycles. The molecule has 1 aliphatic heterocycles. The molecule has 1 saturated heterocycles. The number of rotatable bonds is 6. The van der Waals surface area contributed by atoms with Crippen molar-refractivity contribution in [3.8, 4) is 11.8 Å². The third kappa shape index (κ3) is 4.61. The van der Waals surface area contributed by atoms with Crippen molar-refractivity contribution in [2.45, 2.75) is 39.3 Å². The zero-order valence-electron chi connectivity index (χ0n) is 18.0. The van der Waals surface area contributed by atoms with E-state index in [1.807, 2.05) is 32.9 Å². The SMILES string of the molecule is COc1ccc(C(N(C(=O)O)c2cc(C[C@H]3C(=O)N[C@@H]3C#N)ccn2)C(C)(C)C)cc1. The lowest BCUT2D eigenvalue weighted by Crippen LogP contribution is -2.58. The second-order valence-corrected chi connectivity index (χ2v) is 8.64. The number of nitriles is 1. The quantitative estimate of drug-likeness (QED) is 0.688. The number of β-lactam (4-membered cyclic amide) rings is 1. The van der Waals surface area contributed by atoms with Gasteiger partial charge >= 0.3 is 6.09 Å². The second-order valence-electron chi connectivity index (χ2n) is 8.64. The molecule has 1 aliphatic rings. The van der Waals surface area contributed by atoms with Gasteiger partial charge in [0.25, 0.3) is 0 Å². The number of hydrogen-bond acceptors (Lipinski definition) is 5. The molecular formula is C23H26N4O4. The van der Waals surface area contributed by atoms with Gasteiger partial charge in [-0.15, -0.1) is 0 Å². The van der Waals surface area contributed by atoms with Crippen LogP contribution >= 0.6 is 0 Å². The largest absolute Gasteiger partial charge is 0.497 e. The Labute approximate surface area is 181 Å². The van der Waals surface area contributed by atoms with Crippen LogP contribution < -0.4 is 15.0 Å². The fraction of sp³-hybridized carbons (Fsp3) is 0.391. The maximum absolute atomic E-state index is 12.4. The van der Waals surface area contributed by atoms with Crippen molar-refractivity contribution < 1.29 is 19.4 Å². The first-order chi connectivity index (χ1) is 14.7. The number of anilines is 1. The summed E-state index contributed by atoms with van der Waals surface area (Å²) in [4.78, 5) is 29.8. The zero-order valence-corrected chi connectivity index (χ0v) is 18.0. The summed E-state index contributed by atoms with van der Waals surface area (Å²) in [6, 6.07) is 11.7. The van der Waals surface area contributed by atoms with Crippen LogP contribution in [0.5, 0.6) is 5.75 Å². The van der Waals surface area contributed by atoms with E-state index in [1.165, 1.54) is 11.1 Å². The first-order valence-electron chi connectivity index (χ1n) is 9.96. The van der Waals surface area contributed by atoms with Gasteiger partial charge in [0.2, 0.25) is 5.91 Å². The van der Waals surface area contributed by atoms with E-state index in [4.69, 9.17) is 10.00 Å². The summed E-state index contributed by atoms with van der Waals surface area (Å²) < 4.78 is 5.22. The van der Waals surface area contributed by atoms with Crippen molar-refractivity contribution in [3.63, 3.8) is 0 Å². The fourth-order valence-corrected chi connectivity index (χ4v) is 3.89. The van der Waals surface area contributed by atoms with Gasteiger partial charge in [0.15, 0.2) is 0 Å². The summed E-state index contributed by atoms with van der Waals surface area (Å²) in [5, 5.41) is 21.8. The molecule has 0 aliphatic carbocycles. The third-order valence-corrected chi connectivity index (χ3v) is 5.40. The van der Waals surface area contributed by atoms with Gasteiger partial charge in [-0.05, 0) is 47.2 Å². The summed E-state index contributed by atoms with van der Waals surface area (Å²) in [6.45, 7) is 5.91. The van der Waals surface area contributed by atoms with Gasteiger partial charge in [-0.2, -0.15) is 5.26 Å². The highest BCUT2D eigenvalue weighted by molar-refractivity contribution is 5.88. The molecule has 8 nitrogen and oxygen atoms in total. The number of hydrogen-bond donors (Lipinski definition) is 2. The first-order valence-corrected chi connectivity index (χ1v) is 9.96. The Morgan fingerprint density at radius 2 is 2.00 bits per heavy atom. The minimum absolute atomic E-state index is 0.175. The number of carbonyl (C=O) groups excluding carboxylic acids is 1. The molecule has 31 heavy (non-hydrogen) atoms. The fourth-order valence-electron chi connectivity index (χ4n) is 3.89. The maximum atomic E-state index is 12.4. The third-order valence-electron chi connectivity index (χ3n) is 5.40. The van der Waals surface area contributed by atoms with Crippen LogP contribution in [0.1, 0.15) is 37.9 Å². The molecule has 0 spiro atoms. The van der Waals surface area contributed by atoms with Crippen molar-refractivity contribution >= 4 is 17.8 Å². The Morgan fingerprint density at radius 3 is 2.52 bits per heavy atom. The van der Waals surface area contributed by atoms with Crippen LogP contribution in [0, 0.1) is 22.7 Å². The summed E-state index contributed by atoms with van der Waals surface area (Å²) in [5.74, 6) is 0.336. The summed E-state index contributed by atoms with van der Waals surface area (Å²) in [7, 11) is 1.58. The van der Waals surface area contributed by atoms with Gasteiger partial charge < -0.3 is 15.2 Å². The van der Waals surface area contributed by atoms with Crippen molar-refractivity contribution in [2.24, 2.45) is 11.3 Å². The second kappa shape index (κ2) is 8.64. The molecule has 2 amide bonds. The predicted octanol–water partition coefficient (Wildman–Crippen LogP) is 3.54. The van der Waals surface area contributed by atoms with Crippen LogP contribution in [0.4, 0.5) is 10.6 Å². The number of carboxylic acid groups (broad SMARTS) is 1. The highest BCUT2D eigenvalue weighted by Gasteiger charge is 2.40. The van der Waals surface area contributed by atoms with E-state index in [2.05, 4.69) is 16.4 Å². The van der Waals surface area contributed by atoms with Crippen LogP contribution in [0.3, 0.4) is 0 Å². The van der Waals surface area contributed by atoms with Crippen LogP contribution in [0.2, 0.25) is 0 Å². The first kappa shape index (κ1) is 22.1. The average molecular weight is 422 g/mol. The van der Waals surface area contributed by atoms with Gasteiger partial charge in [0.05, 0.1) is 25.1 Å². The zero-order chi connectivity index (χ0) is 22.8. The molecule has 2 heterocycles. The number of nitrogens with zero attached hydrogens (tertiary/aromatic N) is 3. The molecule has 3 atom stereocenters. The van der Waals surface area contributed by atoms with Crippen LogP contribution in [0.25, 0.3) is 0 Å². The van der Waals surface area contributed by atoms with Crippen molar-refractivity contribution in [1.29, 1.82) is 5.26 Å². The summed E-state index contributed by atoms with van der Waals surface area (Å²) in [5.41, 5.74) is 1.12. The van der Waals surface area contributed by atoms with Gasteiger partial charge in [-0.3, -0.25) is 9.69 Å². The van der Waals surface area contributed by atoms with E-state index in [1.54, 1.807) is 31.4 Å². The molecule has 3 rings (SSSR count). The molecule has 0 saturated carbocycles. The minimum atomic E-state index is -1.13. The maximum Gasteiger partial charge on any atom is 0.413 e. The molecule has 1 unspecified atom stereocenters. The molecule has 2 aromatic rings. The molecule has 8 heteroatoms. The Kier molecular flexibility index (Phi) is 6.16. The van der Waals surface area contributed by atoms with Gasteiger partial charge in [0, 0.05) is 6.20 Å². The number of pyridine rings is 1. The van der Waals surface area contributed by atoms with E-state index in [0.29, 0.717) is 12.2 Å². The highest BCUT2D eigenvalue weighted by Crippen LogP contribution is 2.41. The number of methoxy groups -OCH3 is 1. The molecule has 1 aromatic heterocycles. The normalized spacial score (nSPS) is 18.9. The van der Waals surface area contributed by atoms with Gasteiger partial charge in [-0.1, -0.05) is 32.9 Å². The number of ether oxygens (including phenoxy) is 1. The summed E-state index contributed by atoms with van der Waals surface area (Å²) >= 11 is 0. The van der Waals surface area contributed by atoms with E-state index in [-0.39, 0.29) is 11.7 Å².